The van der Waals surface area contributed by atoms with Gasteiger partial charge < -0.3 is 10.8 Å². The van der Waals surface area contributed by atoms with Crippen molar-refractivity contribution in [1.82, 2.24) is 0 Å². The summed E-state index contributed by atoms with van der Waals surface area (Å²) in [6.07, 6.45) is 1.09. The maximum atomic E-state index is 10.7. The molecule has 0 aromatic heterocycles. The predicted octanol–water partition coefficient (Wildman–Crippen LogP) is 1.37. The van der Waals surface area contributed by atoms with Gasteiger partial charge in [0, 0.05) is 24.3 Å². The summed E-state index contributed by atoms with van der Waals surface area (Å²) >= 11 is 0. The van der Waals surface area contributed by atoms with Gasteiger partial charge >= 0.3 is 0 Å². The summed E-state index contributed by atoms with van der Waals surface area (Å²) in [5, 5.41) is 19.4. The van der Waals surface area contributed by atoms with E-state index in [9.17, 15) is 10.1 Å². The van der Waals surface area contributed by atoms with E-state index in [-0.39, 0.29) is 12.3 Å². The van der Waals surface area contributed by atoms with Crippen LogP contribution in [0.2, 0.25) is 0 Å². The first-order chi connectivity index (χ1) is 7.16. The lowest BCUT2D eigenvalue weighted by Gasteiger charge is -2.10. The number of para-hydroxylation sites is 1. The molecule has 0 radical (unpaired) electrons. The summed E-state index contributed by atoms with van der Waals surface area (Å²) in [6, 6.07) is 6.04. The minimum Gasteiger partial charge on any atom is -0.396 e. The van der Waals surface area contributed by atoms with Gasteiger partial charge in [-0.1, -0.05) is 18.2 Å². The van der Waals surface area contributed by atoms with Crippen LogP contribution < -0.4 is 5.73 Å². The van der Waals surface area contributed by atoms with Gasteiger partial charge in [-0.25, -0.2) is 0 Å². The molecule has 0 spiro atoms. The van der Waals surface area contributed by atoms with Crippen LogP contribution in [0, 0.1) is 10.1 Å². The Morgan fingerprint density at radius 3 is 2.73 bits per heavy atom. The zero-order chi connectivity index (χ0) is 11.3. The van der Waals surface area contributed by atoms with Gasteiger partial charge in [0.15, 0.2) is 0 Å². The summed E-state index contributed by atoms with van der Waals surface area (Å²) in [6.45, 7) is 0.0499. The molecule has 3 N–H and O–H groups in total. The molecule has 1 aromatic rings. The first kappa shape index (κ1) is 11.6. The molecule has 15 heavy (non-hydrogen) atoms. The molecule has 0 saturated carbocycles. The highest BCUT2D eigenvalue weighted by Crippen LogP contribution is 2.25. The number of nitrogens with two attached hydrogens (primary N) is 1. The number of benzene rings is 1. The van der Waals surface area contributed by atoms with E-state index in [1.54, 1.807) is 18.2 Å². The molecule has 82 valence electrons. The van der Waals surface area contributed by atoms with Gasteiger partial charge in [-0.2, -0.15) is 0 Å². The second-order valence-corrected chi connectivity index (χ2v) is 3.29. The minimum absolute atomic E-state index is 0.0444. The molecule has 1 atom stereocenters. The van der Waals surface area contributed by atoms with Crippen molar-refractivity contribution in [2.24, 2.45) is 5.73 Å². The number of aliphatic hydroxyl groups excluding tert-OH is 1. The molecule has 1 aromatic carbocycles. The van der Waals surface area contributed by atoms with Gasteiger partial charge in [-0.05, 0) is 12.8 Å². The highest BCUT2D eigenvalue weighted by Gasteiger charge is 2.17. The Kier molecular flexibility index (Phi) is 4.20. The third-order valence-corrected chi connectivity index (χ3v) is 2.21. The van der Waals surface area contributed by atoms with Gasteiger partial charge in [0.05, 0.1) is 4.92 Å². The van der Waals surface area contributed by atoms with Crippen molar-refractivity contribution in [1.29, 1.82) is 0 Å². The Balaban J connectivity index is 2.87. The van der Waals surface area contributed by atoms with E-state index in [1.807, 2.05) is 0 Å². The Morgan fingerprint density at radius 2 is 2.13 bits per heavy atom. The first-order valence-corrected chi connectivity index (χ1v) is 4.76. The fourth-order valence-corrected chi connectivity index (χ4v) is 1.43. The van der Waals surface area contributed by atoms with Gasteiger partial charge in [-0.15, -0.1) is 0 Å². The molecule has 0 amide bonds. The average molecular weight is 210 g/mol. The van der Waals surface area contributed by atoms with Gasteiger partial charge in [0.2, 0.25) is 0 Å². The van der Waals surface area contributed by atoms with E-state index >= 15 is 0 Å². The van der Waals surface area contributed by atoms with Crippen LogP contribution in [0.15, 0.2) is 24.3 Å². The number of nitro benzene ring substituents is 1. The zero-order valence-corrected chi connectivity index (χ0v) is 8.30. The number of rotatable bonds is 5. The van der Waals surface area contributed by atoms with Crippen molar-refractivity contribution >= 4 is 5.69 Å². The standard InChI is InChI=1S/C10H14N2O3/c11-9(5-3-7-13)8-4-1-2-6-10(8)12(14)15/h1-2,4,6,9,13H,3,5,7,11H2/t9-/m1/s1. The second-order valence-electron chi connectivity index (χ2n) is 3.29. The van der Waals surface area contributed by atoms with Crippen LogP contribution in [0.5, 0.6) is 0 Å². The van der Waals surface area contributed by atoms with Gasteiger partial charge in [-0.3, -0.25) is 10.1 Å². The summed E-state index contributed by atoms with van der Waals surface area (Å²) in [4.78, 5) is 10.3. The highest BCUT2D eigenvalue weighted by atomic mass is 16.6. The Labute approximate surface area is 87.7 Å². The fourth-order valence-electron chi connectivity index (χ4n) is 1.43. The van der Waals surface area contributed by atoms with E-state index in [4.69, 9.17) is 10.8 Å². The molecule has 0 aliphatic carbocycles. The van der Waals surface area contributed by atoms with Crippen molar-refractivity contribution in [3.63, 3.8) is 0 Å². The molecule has 0 unspecified atom stereocenters. The number of nitrogens with zero attached hydrogens (tertiary/aromatic N) is 1. The molecular weight excluding hydrogens is 196 g/mol. The van der Waals surface area contributed by atoms with Crippen LogP contribution in [0.4, 0.5) is 5.69 Å². The summed E-state index contributed by atoms with van der Waals surface area (Å²) in [7, 11) is 0. The van der Waals surface area contributed by atoms with E-state index < -0.39 is 11.0 Å². The predicted molar refractivity (Wildman–Crippen MR) is 56.3 cm³/mol. The van der Waals surface area contributed by atoms with Crippen molar-refractivity contribution in [2.75, 3.05) is 6.61 Å². The number of nitro groups is 1. The van der Waals surface area contributed by atoms with Crippen LogP contribution >= 0.6 is 0 Å². The minimum atomic E-state index is -0.436. The van der Waals surface area contributed by atoms with Crippen LogP contribution in [0.25, 0.3) is 0 Å². The van der Waals surface area contributed by atoms with E-state index in [0.717, 1.165) is 0 Å². The molecule has 0 fully saturated rings. The van der Waals surface area contributed by atoms with Crippen LogP contribution in [0.3, 0.4) is 0 Å². The summed E-state index contributed by atoms with van der Waals surface area (Å²) < 4.78 is 0. The lowest BCUT2D eigenvalue weighted by Crippen LogP contribution is -2.12. The molecule has 0 bridgehead atoms. The number of hydrogen-bond donors (Lipinski definition) is 2. The molecule has 0 aliphatic heterocycles. The lowest BCUT2D eigenvalue weighted by molar-refractivity contribution is -0.385. The Morgan fingerprint density at radius 1 is 1.47 bits per heavy atom. The van der Waals surface area contributed by atoms with Crippen molar-refractivity contribution in [3.8, 4) is 0 Å². The molecule has 0 heterocycles. The van der Waals surface area contributed by atoms with Crippen LogP contribution in [-0.4, -0.2) is 16.6 Å². The summed E-state index contributed by atoms with van der Waals surface area (Å²) in [5.74, 6) is 0. The quantitative estimate of drug-likeness (QED) is 0.567. The van der Waals surface area contributed by atoms with E-state index in [2.05, 4.69) is 0 Å². The van der Waals surface area contributed by atoms with Crippen molar-refractivity contribution in [3.05, 3.63) is 39.9 Å². The maximum Gasteiger partial charge on any atom is 0.274 e. The number of hydrogen-bond acceptors (Lipinski definition) is 4. The van der Waals surface area contributed by atoms with Crippen molar-refractivity contribution in [2.45, 2.75) is 18.9 Å². The lowest BCUT2D eigenvalue weighted by atomic mass is 10.0. The molecule has 5 nitrogen and oxygen atoms in total. The summed E-state index contributed by atoms with van der Waals surface area (Å²) in [5.41, 5.74) is 6.37. The molecular formula is C10H14N2O3. The fraction of sp³-hybridized carbons (Fsp3) is 0.400. The zero-order valence-electron chi connectivity index (χ0n) is 8.30. The first-order valence-electron chi connectivity index (χ1n) is 4.76. The third-order valence-electron chi connectivity index (χ3n) is 2.21. The molecule has 0 saturated heterocycles. The van der Waals surface area contributed by atoms with E-state index in [0.29, 0.717) is 18.4 Å². The Hall–Kier alpha value is -1.46. The largest absolute Gasteiger partial charge is 0.396 e. The molecule has 5 heteroatoms. The monoisotopic (exact) mass is 210 g/mol. The van der Waals surface area contributed by atoms with Crippen molar-refractivity contribution < 1.29 is 10.0 Å². The van der Waals surface area contributed by atoms with Gasteiger partial charge in [0.1, 0.15) is 0 Å². The molecule has 0 aliphatic rings. The normalized spacial score (nSPS) is 12.4. The SMILES string of the molecule is N[C@H](CCCO)c1ccccc1[N+](=O)[O-]. The molecule has 1 rings (SSSR count). The smallest absolute Gasteiger partial charge is 0.274 e. The van der Waals surface area contributed by atoms with E-state index in [1.165, 1.54) is 6.07 Å². The second kappa shape index (κ2) is 5.43. The van der Waals surface area contributed by atoms with Crippen LogP contribution in [-0.2, 0) is 0 Å². The highest BCUT2D eigenvalue weighted by molar-refractivity contribution is 5.41. The average Bonchev–Trinajstić information content (AvgIpc) is 2.25. The topological polar surface area (TPSA) is 89.4 Å². The van der Waals surface area contributed by atoms with Gasteiger partial charge in [0.25, 0.3) is 5.69 Å². The van der Waals surface area contributed by atoms with Crippen LogP contribution in [0.1, 0.15) is 24.4 Å². The number of aliphatic hydroxyl groups is 1. The third kappa shape index (κ3) is 3.00. The Bertz CT molecular complexity index is 341. The maximum absolute atomic E-state index is 10.7.